The van der Waals surface area contributed by atoms with Gasteiger partial charge in [-0.2, -0.15) is 0 Å². The molecule has 0 aromatic heterocycles. The van der Waals surface area contributed by atoms with Crippen molar-refractivity contribution in [1.29, 1.82) is 0 Å². The van der Waals surface area contributed by atoms with Gasteiger partial charge in [0.15, 0.2) is 0 Å². The quantitative estimate of drug-likeness (QED) is 0.156. The second-order valence-corrected chi connectivity index (χ2v) is 17.1. The first-order valence-electron chi connectivity index (χ1n) is 22.4. The number of nitrogens with zero attached hydrogens (tertiary/aromatic N) is 2. The lowest BCUT2D eigenvalue weighted by Gasteiger charge is -2.31. The summed E-state index contributed by atoms with van der Waals surface area (Å²) in [6, 6.07) is 9.06. The zero-order valence-electron chi connectivity index (χ0n) is 37.0. The molecule has 64 heavy (non-hydrogen) atoms. The third-order valence-corrected chi connectivity index (χ3v) is 12.8. The van der Waals surface area contributed by atoms with Crippen LogP contribution in [0.15, 0.2) is 48.5 Å². The zero-order valence-corrected chi connectivity index (χ0v) is 37.0. The maximum absolute atomic E-state index is 15.0. The number of halogens is 2. The summed E-state index contributed by atoms with van der Waals surface area (Å²) in [7, 11) is 3.17. The molecular weight excluding hydrogens is 823 g/mol. The molecule has 0 bridgehead atoms. The van der Waals surface area contributed by atoms with E-state index in [0.29, 0.717) is 12.8 Å². The second-order valence-electron chi connectivity index (χ2n) is 17.1. The molecule has 6 N–H and O–H groups in total. The molecule has 2 aromatic rings. The molecular formula is C48H60F2N8O6. The number of fused-ring (bicyclic) bond motifs is 2. The molecule has 0 unspecified atom stereocenters. The van der Waals surface area contributed by atoms with Gasteiger partial charge in [-0.25, -0.2) is 8.78 Å². The fourth-order valence-electron chi connectivity index (χ4n) is 8.95. The number of aryl methyl sites for hydroxylation is 2. The Morgan fingerprint density at radius 3 is 1.42 bits per heavy atom. The van der Waals surface area contributed by atoms with E-state index in [1.807, 2.05) is 48.5 Å². The van der Waals surface area contributed by atoms with Crippen molar-refractivity contribution in [2.24, 2.45) is 0 Å². The van der Waals surface area contributed by atoms with Gasteiger partial charge in [0.1, 0.15) is 36.5 Å². The molecule has 2 aliphatic heterocycles. The van der Waals surface area contributed by atoms with Gasteiger partial charge in [-0.15, -0.1) is 0 Å². The standard InChI is InChI=1S/C48H60F2N8O6/c1-29(51-3)43(59)55-39(47(63)57-27-33(49)25-41(57)45(61)53-37-23-13-17-31-15-9-11-19-35(31)37)21-7-5-6-8-22-40(56-44(60)30(2)52-4)48(64)58-28-34(50)26-42(58)46(62)54-38-24-14-18-32-16-10-12-20-36(32)38/h9-12,15-16,19-20,29-30,33-34,37-42,51-52H,13-14,17-18,21-28H2,1-4H3,(H,53,61)(H,54,62)(H,55,59)(H,56,60)/t29-,30-,33-,34-,37+,38+,39-,40-,41-,42-/m0/s1. The van der Waals surface area contributed by atoms with Crippen LogP contribution in [0, 0.1) is 23.7 Å². The van der Waals surface area contributed by atoms with Crippen LogP contribution in [0.4, 0.5) is 8.78 Å². The van der Waals surface area contributed by atoms with Gasteiger partial charge in [0, 0.05) is 25.7 Å². The summed E-state index contributed by atoms with van der Waals surface area (Å²) in [5.74, 6) is 7.57. The summed E-state index contributed by atoms with van der Waals surface area (Å²) in [6.07, 6.45) is 1.18. The Labute approximate surface area is 374 Å². The van der Waals surface area contributed by atoms with Gasteiger partial charge in [0.05, 0.1) is 37.3 Å². The monoisotopic (exact) mass is 882 g/mol. The molecule has 0 radical (unpaired) electrons. The molecule has 2 aliphatic carbocycles. The van der Waals surface area contributed by atoms with Crippen LogP contribution < -0.4 is 31.9 Å². The van der Waals surface area contributed by atoms with E-state index in [-0.39, 0.29) is 50.9 Å². The maximum Gasteiger partial charge on any atom is 0.246 e. The van der Waals surface area contributed by atoms with Gasteiger partial charge in [-0.3, -0.25) is 28.8 Å². The van der Waals surface area contributed by atoms with Gasteiger partial charge < -0.3 is 41.7 Å². The van der Waals surface area contributed by atoms with Crippen LogP contribution in [-0.2, 0) is 41.6 Å². The molecule has 6 rings (SSSR count). The molecule has 6 amide bonds. The van der Waals surface area contributed by atoms with Crippen molar-refractivity contribution >= 4 is 35.4 Å². The molecule has 4 aliphatic rings. The molecule has 342 valence electrons. The second kappa shape index (κ2) is 22.2. The minimum atomic E-state index is -1.45. The van der Waals surface area contributed by atoms with E-state index in [0.717, 1.165) is 47.9 Å². The Kier molecular flexibility index (Phi) is 16.5. The summed E-state index contributed by atoms with van der Waals surface area (Å²) < 4.78 is 30.1. The number of likely N-dealkylation sites (N-methyl/N-ethyl adjacent to an activating group) is 2. The average Bonchev–Trinajstić information content (AvgIpc) is 3.90. The van der Waals surface area contributed by atoms with E-state index < -0.39 is 84.0 Å². The Balaban J connectivity index is 1.15. The summed E-state index contributed by atoms with van der Waals surface area (Å²) in [4.78, 5) is 84.0. The normalized spacial score (nSPS) is 24.2. The highest BCUT2D eigenvalue weighted by Crippen LogP contribution is 2.32. The summed E-state index contributed by atoms with van der Waals surface area (Å²) >= 11 is 0. The number of nitrogens with one attached hydrogen (secondary N) is 6. The maximum atomic E-state index is 15.0. The van der Waals surface area contributed by atoms with Crippen LogP contribution in [0.1, 0.15) is 99.6 Å². The summed E-state index contributed by atoms with van der Waals surface area (Å²) in [5.41, 5.74) is 4.27. The van der Waals surface area contributed by atoms with Crippen molar-refractivity contribution in [1.82, 2.24) is 41.7 Å². The van der Waals surface area contributed by atoms with Crippen molar-refractivity contribution < 1.29 is 37.5 Å². The number of hydrogen-bond donors (Lipinski definition) is 6. The number of alkyl halides is 2. The third-order valence-electron chi connectivity index (χ3n) is 12.8. The molecule has 2 heterocycles. The largest absolute Gasteiger partial charge is 0.347 e. The van der Waals surface area contributed by atoms with Crippen LogP contribution in [0.5, 0.6) is 0 Å². The molecule has 2 fully saturated rings. The number of likely N-dealkylation sites (tertiary alicyclic amines) is 2. The lowest BCUT2D eigenvalue weighted by molar-refractivity contribution is -0.141. The van der Waals surface area contributed by atoms with Crippen molar-refractivity contribution in [3.8, 4) is 23.7 Å². The predicted molar refractivity (Wildman–Crippen MR) is 236 cm³/mol. The van der Waals surface area contributed by atoms with Crippen LogP contribution in [-0.4, -0.2) is 121 Å². The van der Waals surface area contributed by atoms with Crippen LogP contribution in [0.25, 0.3) is 0 Å². The Bertz CT molecular complexity index is 2030. The van der Waals surface area contributed by atoms with Crippen molar-refractivity contribution in [2.45, 2.75) is 139 Å². The van der Waals surface area contributed by atoms with Crippen molar-refractivity contribution in [2.75, 3.05) is 27.2 Å². The first-order chi connectivity index (χ1) is 30.8. The van der Waals surface area contributed by atoms with E-state index in [1.165, 1.54) is 9.80 Å². The lowest BCUT2D eigenvalue weighted by Crippen LogP contribution is -2.55. The number of hydrogen-bond acceptors (Lipinski definition) is 8. The first-order valence-corrected chi connectivity index (χ1v) is 22.4. The highest BCUT2D eigenvalue weighted by atomic mass is 19.1. The molecule has 2 aromatic carbocycles. The van der Waals surface area contributed by atoms with Crippen molar-refractivity contribution in [3.63, 3.8) is 0 Å². The van der Waals surface area contributed by atoms with E-state index in [4.69, 9.17) is 0 Å². The first kappa shape index (κ1) is 47.6. The molecule has 10 atom stereocenters. The van der Waals surface area contributed by atoms with Gasteiger partial charge in [-0.05, 0) is 101 Å². The van der Waals surface area contributed by atoms with E-state index in [9.17, 15) is 28.8 Å². The van der Waals surface area contributed by atoms with Gasteiger partial charge >= 0.3 is 0 Å². The summed E-state index contributed by atoms with van der Waals surface area (Å²) in [6.45, 7) is 2.55. The molecule has 2 saturated heterocycles. The fourth-order valence-corrected chi connectivity index (χ4v) is 8.95. The summed E-state index contributed by atoms with van der Waals surface area (Å²) in [5, 5.41) is 17.1. The number of benzene rings is 2. The third kappa shape index (κ3) is 11.6. The number of amides is 6. The molecule has 14 nitrogen and oxygen atoms in total. The van der Waals surface area contributed by atoms with Gasteiger partial charge in [0.25, 0.3) is 0 Å². The highest BCUT2D eigenvalue weighted by molar-refractivity contribution is 5.95. The Hall–Kier alpha value is -5.84. The average molecular weight is 883 g/mol. The zero-order chi connectivity index (χ0) is 45.9. The Morgan fingerprint density at radius 2 is 1.03 bits per heavy atom. The van der Waals surface area contributed by atoms with Gasteiger partial charge in [0.2, 0.25) is 35.4 Å². The number of rotatable bonds is 14. The fraction of sp³-hybridized carbons (Fsp3) is 0.542. The van der Waals surface area contributed by atoms with E-state index >= 15 is 8.78 Å². The van der Waals surface area contributed by atoms with E-state index in [1.54, 1.807) is 27.9 Å². The lowest BCUT2D eigenvalue weighted by atomic mass is 9.87. The minimum absolute atomic E-state index is 0.190. The van der Waals surface area contributed by atoms with Crippen LogP contribution in [0.3, 0.4) is 0 Å². The minimum Gasteiger partial charge on any atom is -0.347 e. The highest BCUT2D eigenvalue weighted by Gasteiger charge is 2.44. The van der Waals surface area contributed by atoms with E-state index in [2.05, 4.69) is 55.6 Å². The van der Waals surface area contributed by atoms with Crippen LogP contribution in [0.2, 0.25) is 0 Å². The van der Waals surface area contributed by atoms with Gasteiger partial charge in [-0.1, -0.05) is 60.4 Å². The van der Waals surface area contributed by atoms with Crippen molar-refractivity contribution in [3.05, 3.63) is 70.8 Å². The smallest absolute Gasteiger partial charge is 0.246 e. The SMILES string of the molecule is CN[C@@H](C)C(=O)N[C@@H](CC#CC#CC[C@H](NC(=O)[C@H](C)NC)C(=O)N1C[C@@H](F)C[C@H]1C(=O)N[C@@H]1CCCc2ccccc21)C(=O)N1C[C@@H](F)C[C@H]1C(=O)N[C@@H]1CCCc2ccccc21. The molecule has 0 saturated carbocycles. The number of carbonyl (C=O) groups is 6. The topological polar surface area (TPSA) is 181 Å². The predicted octanol–water partition coefficient (Wildman–Crippen LogP) is 2.22. The Morgan fingerprint density at radius 1 is 0.641 bits per heavy atom. The van der Waals surface area contributed by atoms with Crippen LogP contribution >= 0.6 is 0 Å². The number of carbonyl (C=O) groups excluding carboxylic acids is 6. The molecule has 16 heteroatoms. The molecule has 0 spiro atoms.